The first kappa shape index (κ1) is 30.7. The molecule has 3 aromatic carbocycles. The van der Waals surface area contributed by atoms with Crippen LogP contribution < -0.4 is 14.4 Å². The molecule has 0 spiro atoms. The van der Waals surface area contributed by atoms with E-state index in [9.17, 15) is 18.0 Å². The third kappa shape index (κ3) is 7.63. The van der Waals surface area contributed by atoms with E-state index in [4.69, 9.17) is 4.74 Å². The fraction of sp³-hybridized carbons (Fsp3) is 0.355. The van der Waals surface area contributed by atoms with E-state index in [-0.39, 0.29) is 29.1 Å². The summed E-state index contributed by atoms with van der Waals surface area (Å²) in [5.74, 6) is -0.477. The molecule has 0 aliphatic rings. The molecule has 3 rings (SSSR count). The van der Waals surface area contributed by atoms with E-state index in [0.29, 0.717) is 12.2 Å². The van der Waals surface area contributed by atoms with Gasteiger partial charge in [0.1, 0.15) is 18.3 Å². The molecule has 40 heavy (non-hydrogen) atoms. The fourth-order valence-corrected chi connectivity index (χ4v) is 5.65. The summed E-state index contributed by atoms with van der Waals surface area (Å²) >= 11 is 0. The first-order valence-electron chi connectivity index (χ1n) is 13.4. The van der Waals surface area contributed by atoms with Crippen LogP contribution in [0.1, 0.15) is 38.3 Å². The Morgan fingerprint density at radius 3 is 2.17 bits per heavy atom. The molecule has 3 aromatic rings. The summed E-state index contributed by atoms with van der Waals surface area (Å²) in [5.41, 5.74) is 2.15. The summed E-state index contributed by atoms with van der Waals surface area (Å²) in [4.78, 5) is 28.6. The second-order valence-corrected chi connectivity index (χ2v) is 11.7. The molecule has 2 unspecified atom stereocenters. The number of sulfonamides is 1. The van der Waals surface area contributed by atoms with Crippen LogP contribution in [0.3, 0.4) is 0 Å². The van der Waals surface area contributed by atoms with Gasteiger partial charge in [0.15, 0.2) is 0 Å². The monoisotopic (exact) mass is 565 g/mol. The molecular weight excluding hydrogens is 526 g/mol. The van der Waals surface area contributed by atoms with Gasteiger partial charge in [-0.1, -0.05) is 67.1 Å². The lowest BCUT2D eigenvalue weighted by molar-refractivity contribution is -0.139. The van der Waals surface area contributed by atoms with Crippen molar-refractivity contribution in [3.05, 3.63) is 90.0 Å². The molecule has 2 atom stereocenters. The molecule has 0 aromatic heterocycles. The van der Waals surface area contributed by atoms with Gasteiger partial charge in [0.25, 0.3) is 10.0 Å². The van der Waals surface area contributed by atoms with Crippen molar-refractivity contribution in [1.82, 2.24) is 10.2 Å². The lowest BCUT2D eigenvalue weighted by Gasteiger charge is -2.32. The van der Waals surface area contributed by atoms with E-state index in [0.717, 1.165) is 21.9 Å². The van der Waals surface area contributed by atoms with Crippen molar-refractivity contribution >= 4 is 27.5 Å². The van der Waals surface area contributed by atoms with Crippen molar-refractivity contribution in [1.29, 1.82) is 0 Å². The van der Waals surface area contributed by atoms with Gasteiger partial charge in [-0.3, -0.25) is 13.9 Å². The lowest BCUT2D eigenvalue weighted by Crippen LogP contribution is -2.53. The summed E-state index contributed by atoms with van der Waals surface area (Å²) < 4.78 is 34.4. The standard InChI is InChI=1S/C31H39N3O5S/c1-6-24(3)32-31(36)25(4)33(21-20-26-12-8-7-9-13-26)30(35)22-34(28-14-10-11-15-29(28)39-5)40(37,38)27-18-16-23(2)17-19-27/h7-19,24-25H,6,20-22H2,1-5H3,(H,32,36). The highest BCUT2D eigenvalue weighted by atomic mass is 32.2. The van der Waals surface area contributed by atoms with Gasteiger partial charge >= 0.3 is 0 Å². The van der Waals surface area contributed by atoms with Gasteiger partial charge < -0.3 is 15.0 Å². The molecule has 0 saturated heterocycles. The minimum atomic E-state index is -4.16. The number of ether oxygens (including phenoxy) is 1. The first-order valence-corrected chi connectivity index (χ1v) is 14.9. The molecule has 0 radical (unpaired) electrons. The maximum absolute atomic E-state index is 14.0. The highest BCUT2D eigenvalue weighted by molar-refractivity contribution is 7.92. The maximum Gasteiger partial charge on any atom is 0.264 e. The molecule has 2 amide bonds. The van der Waals surface area contributed by atoms with Crippen molar-refractivity contribution in [3.63, 3.8) is 0 Å². The topological polar surface area (TPSA) is 96.0 Å². The van der Waals surface area contributed by atoms with Gasteiger partial charge in [0.2, 0.25) is 11.8 Å². The number of nitrogens with zero attached hydrogens (tertiary/aromatic N) is 2. The molecule has 8 nitrogen and oxygen atoms in total. The number of nitrogens with one attached hydrogen (secondary N) is 1. The molecule has 0 saturated carbocycles. The summed E-state index contributed by atoms with van der Waals surface area (Å²) in [7, 11) is -2.71. The second kappa shape index (κ2) is 14.0. The van der Waals surface area contributed by atoms with E-state index in [2.05, 4.69) is 5.32 Å². The third-order valence-corrected chi connectivity index (χ3v) is 8.67. The number of rotatable bonds is 13. The molecule has 0 aliphatic carbocycles. The molecule has 214 valence electrons. The molecule has 1 N–H and O–H groups in total. The Bertz CT molecular complexity index is 1380. The minimum absolute atomic E-state index is 0.0511. The van der Waals surface area contributed by atoms with E-state index < -0.39 is 28.5 Å². The molecule has 0 aliphatic heterocycles. The summed E-state index contributed by atoms with van der Waals surface area (Å²) in [6, 6.07) is 21.9. The van der Waals surface area contributed by atoms with Crippen molar-refractivity contribution in [2.75, 3.05) is 24.5 Å². The number of carbonyl (C=O) groups is 2. The number of carbonyl (C=O) groups excluding carboxylic acids is 2. The van der Waals surface area contributed by atoms with E-state index >= 15 is 0 Å². The predicted molar refractivity (Wildman–Crippen MR) is 158 cm³/mol. The van der Waals surface area contributed by atoms with Gasteiger partial charge in [-0.15, -0.1) is 0 Å². The molecule has 9 heteroatoms. The number of benzene rings is 3. The highest BCUT2D eigenvalue weighted by Gasteiger charge is 2.33. The van der Waals surface area contributed by atoms with Crippen LogP contribution in [0.2, 0.25) is 0 Å². The smallest absolute Gasteiger partial charge is 0.264 e. The number of aryl methyl sites for hydroxylation is 1. The van der Waals surface area contributed by atoms with E-state index in [1.807, 2.05) is 51.1 Å². The Hall–Kier alpha value is -3.85. The van der Waals surface area contributed by atoms with Crippen LogP contribution in [-0.2, 0) is 26.0 Å². The fourth-order valence-electron chi connectivity index (χ4n) is 4.22. The normalized spacial score (nSPS) is 12.7. The van der Waals surface area contributed by atoms with Gasteiger partial charge in [0, 0.05) is 12.6 Å². The van der Waals surface area contributed by atoms with Crippen LogP contribution in [0.4, 0.5) is 5.69 Å². The van der Waals surface area contributed by atoms with Crippen LogP contribution in [-0.4, -0.2) is 57.4 Å². The Kier molecular flexibility index (Phi) is 10.7. The quantitative estimate of drug-likeness (QED) is 0.328. The van der Waals surface area contributed by atoms with Crippen LogP contribution >= 0.6 is 0 Å². The minimum Gasteiger partial charge on any atom is -0.495 e. The summed E-state index contributed by atoms with van der Waals surface area (Å²) in [5, 5.41) is 2.94. The average Bonchev–Trinajstić information content (AvgIpc) is 2.96. The zero-order valence-electron chi connectivity index (χ0n) is 23.8. The predicted octanol–water partition coefficient (Wildman–Crippen LogP) is 4.57. The zero-order valence-corrected chi connectivity index (χ0v) is 24.6. The highest BCUT2D eigenvalue weighted by Crippen LogP contribution is 2.32. The van der Waals surface area contributed by atoms with Crippen molar-refractivity contribution in [2.24, 2.45) is 0 Å². The number of hydrogen-bond donors (Lipinski definition) is 1. The molecule has 0 fully saturated rings. The van der Waals surface area contributed by atoms with Gasteiger partial charge in [-0.25, -0.2) is 8.42 Å². The van der Waals surface area contributed by atoms with Crippen LogP contribution in [0.5, 0.6) is 5.75 Å². The van der Waals surface area contributed by atoms with Gasteiger partial charge in [0.05, 0.1) is 17.7 Å². The molecule has 0 bridgehead atoms. The number of hydrogen-bond acceptors (Lipinski definition) is 5. The maximum atomic E-state index is 14.0. The largest absolute Gasteiger partial charge is 0.495 e. The van der Waals surface area contributed by atoms with E-state index in [1.165, 1.54) is 24.1 Å². The van der Waals surface area contributed by atoms with Gasteiger partial charge in [-0.05, 0) is 63.4 Å². The van der Waals surface area contributed by atoms with E-state index in [1.54, 1.807) is 43.3 Å². The zero-order chi connectivity index (χ0) is 29.3. The Morgan fingerprint density at radius 1 is 0.925 bits per heavy atom. The van der Waals surface area contributed by atoms with Gasteiger partial charge in [-0.2, -0.15) is 0 Å². The summed E-state index contributed by atoms with van der Waals surface area (Å²) in [6.45, 7) is 7.14. The Balaban J connectivity index is 2.01. The lowest BCUT2D eigenvalue weighted by atomic mass is 10.1. The number of amides is 2. The van der Waals surface area contributed by atoms with Crippen molar-refractivity contribution in [3.8, 4) is 5.75 Å². The van der Waals surface area contributed by atoms with Crippen LogP contribution in [0, 0.1) is 6.92 Å². The number of para-hydroxylation sites is 2. The van der Waals surface area contributed by atoms with Crippen LogP contribution in [0.25, 0.3) is 0 Å². The Labute approximate surface area is 238 Å². The molecule has 0 heterocycles. The molecular formula is C31H39N3O5S. The summed E-state index contributed by atoms with van der Waals surface area (Å²) in [6.07, 6.45) is 1.25. The SMILES string of the molecule is CCC(C)NC(=O)C(C)N(CCc1ccccc1)C(=O)CN(c1ccccc1OC)S(=O)(=O)c1ccc(C)cc1. The van der Waals surface area contributed by atoms with Crippen molar-refractivity contribution in [2.45, 2.75) is 57.5 Å². The number of anilines is 1. The number of methoxy groups -OCH3 is 1. The first-order chi connectivity index (χ1) is 19.1. The Morgan fingerprint density at radius 2 is 1.55 bits per heavy atom. The van der Waals surface area contributed by atoms with Crippen LogP contribution in [0.15, 0.2) is 83.8 Å². The average molecular weight is 566 g/mol. The third-order valence-electron chi connectivity index (χ3n) is 6.89. The van der Waals surface area contributed by atoms with Crippen molar-refractivity contribution < 1.29 is 22.7 Å². The second-order valence-electron chi connectivity index (χ2n) is 9.81.